The van der Waals surface area contributed by atoms with Gasteiger partial charge in [0, 0.05) is 10.6 Å². The summed E-state index contributed by atoms with van der Waals surface area (Å²) in [5.41, 5.74) is 1.66. The first-order chi connectivity index (χ1) is 9.51. The summed E-state index contributed by atoms with van der Waals surface area (Å²) in [5.74, 6) is -0.00755. The number of nitrogens with zero attached hydrogens (tertiary/aromatic N) is 1. The minimum absolute atomic E-state index is 0.00755. The number of aromatic hydroxyl groups is 1. The number of nitriles is 1. The lowest BCUT2D eigenvalue weighted by molar-refractivity contribution is 0.475. The van der Waals surface area contributed by atoms with E-state index >= 15 is 0 Å². The van der Waals surface area contributed by atoms with Gasteiger partial charge in [0.25, 0.3) is 0 Å². The van der Waals surface area contributed by atoms with E-state index in [9.17, 15) is 10.4 Å². The summed E-state index contributed by atoms with van der Waals surface area (Å²) in [6.07, 6.45) is 1.64. The number of rotatable bonds is 2. The first-order valence-electron chi connectivity index (χ1n) is 5.57. The van der Waals surface area contributed by atoms with Crippen molar-refractivity contribution in [1.82, 2.24) is 0 Å². The maximum atomic E-state index is 9.37. The van der Waals surface area contributed by atoms with Gasteiger partial charge in [0.2, 0.25) is 0 Å². The number of benzene rings is 2. The molecule has 0 bridgehead atoms. The van der Waals surface area contributed by atoms with Crippen LogP contribution >= 0.6 is 34.8 Å². The summed E-state index contributed by atoms with van der Waals surface area (Å²) < 4.78 is 0. The third-order valence-electron chi connectivity index (χ3n) is 2.62. The monoisotopic (exact) mass is 323 g/mol. The first-order valence-corrected chi connectivity index (χ1v) is 6.70. The van der Waals surface area contributed by atoms with E-state index in [1.54, 1.807) is 36.4 Å². The molecule has 0 spiro atoms. The van der Waals surface area contributed by atoms with Crippen LogP contribution in [0.4, 0.5) is 0 Å². The van der Waals surface area contributed by atoms with Crippen molar-refractivity contribution in [2.75, 3.05) is 0 Å². The van der Waals surface area contributed by atoms with Gasteiger partial charge in [0.1, 0.15) is 5.75 Å². The highest BCUT2D eigenvalue weighted by Crippen LogP contribution is 2.30. The summed E-state index contributed by atoms with van der Waals surface area (Å²) >= 11 is 17.7. The second-order valence-electron chi connectivity index (χ2n) is 4.00. The minimum atomic E-state index is -0.00755. The van der Waals surface area contributed by atoms with Crippen LogP contribution in [0.5, 0.6) is 5.75 Å². The molecule has 2 nitrogen and oxygen atoms in total. The van der Waals surface area contributed by atoms with E-state index in [0.29, 0.717) is 26.7 Å². The molecule has 2 rings (SSSR count). The molecule has 0 amide bonds. The van der Waals surface area contributed by atoms with E-state index in [1.807, 2.05) is 0 Å². The van der Waals surface area contributed by atoms with Gasteiger partial charge in [-0.2, -0.15) is 5.26 Å². The summed E-state index contributed by atoms with van der Waals surface area (Å²) in [4.78, 5) is 0. The molecule has 0 aliphatic rings. The van der Waals surface area contributed by atoms with E-state index in [-0.39, 0.29) is 10.8 Å². The van der Waals surface area contributed by atoms with Gasteiger partial charge in [-0.05, 0) is 35.9 Å². The van der Waals surface area contributed by atoms with Crippen LogP contribution in [0.25, 0.3) is 11.6 Å². The Bertz CT molecular complexity index is 732. The minimum Gasteiger partial charge on any atom is -0.506 e. The van der Waals surface area contributed by atoms with Gasteiger partial charge >= 0.3 is 0 Å². The van der Waals surface area contributed by atoms with Gasteiger partial charge in [-0.1, -0.05) is 46.9 Å². The second-order valence-corrected chi connectivity index (χ2v) is 5.26. The predicted octanol–water partition coefficient (Wildman–Crippen LogP) is 5.42. The Hall–Kier alpha value is -1.66. The zero-order valence-electron chi connectivity index (χ0n) is 10.1. The molecule has 0 saturated carbocycles. The van der Waals surface area contributed by atoms with E-state index < -0.39 is 0 Å². The topological polar surface area (TPSA) is 44.0 Å². The highest BCUT2D eigenvalue weighted by molar-refractivity contribution is 6.36. The molecule has 0 aliphatic carbocycles. The van der Waals surface area contributed by atoms with Gasteiger partial charge in [0.15, 0.2) is 0 Å². The lowest BCUT2D eigenvalue weighted by Gasteiger charge is -2.04. The average Bonchev–Trinajstić information content (AvgIpc) is 2.41. The standard InChI is InChI=1S/C15H8Cl3NO/c16-11-2-3-12(13(17)7-11)10(8-19)5-9-1-4-15(20)14(18)6-9/h1-7,20H/b10-5-. The van der Waals surface area contributed by atoms with Crippen molar-refractivity contribution in [1.29, 1.82) is 5.26 Å². The highest BCUT2D eigenvalue weighted by atomic mass is 35.5. The Kier molecular flexibility index (Phi) is 4.57. The molecule has 0 fully saturated rings. The quantitative estimate of drug-likeness (QED) is 0.592. The fraction of sp³-hybridized carbons (Fsp3) is 0. The van der Waals surface area contributed by atoms with Crippen LogP contribution in [-0.4, -0.2) is 5.11 Å². The van der Waals surface area contributed by atoms with E-state index in [2.05, 4.69) is 6.07 Å². The molecule has 1 N–H and O–H groups in total. The number of phenolic OH excluding ortho intramolecular Hbond substituents is 1. The molecule has 0 heterocycles. The van der Waals surface area contributed by atoms with Crippen molar-refractivity contribution in [3.05, 3.63) is 62.6 Å². The SMILES string of the molecule is N#C/C(=C/c1ccc(O)c(Cl)c1)c1ccc(Cl)cc1Cl. The lowest BCUT2D eigenvalue weighted by atomic mass is 10.0. The number of allylic oxidation sites excluding steroid dienone is 1. The van der Waals surface area contributed by atoms with E-state index in [1.165, 1.54) is 6.07 Å². The van der Waals surface area contributed by atoms with Crippen molar-refractivity contribution >= 4 is 46.5 Å². The number of phenols is 1. The molecular weight excluding hydrogens is 317 g/mol. The summed E-state index contributed by atoms with van der Waals surface area (Å²) in [7, 11) is 0. The average molecular weight is 325 g/mol. The molecule has 20 heavy (non-hydrogen) atoms. The molecule has 0 aromatic heterocycles. The van der Waals surface area contributed by atoms with Crippen molar-refractivity contribution < 1.29 is 5.11 Å². The maximum absolute atomic E-state index is 9.37. The third-order valence-corrected chi connectivity index (χ3v) is 3.48. The van der Waals surface area contributed by atoms with Gasteiger partial charge in [-0.3, -0.25) is 0 Å². The zero-order valence-corrected chi connectivity index (χ0v) is 12.3. The van der Waals surface area contributed by atoms with Gasteiger partial charge in [-0.15, -0.1) is 0 Å². The number of halogens is 3. The number of hydrogen-bond acceptors (Lipinski definition) is 2. The molecular formula is C15H8Cl3NO. The smallest absolute Gasteiger partial charge is 0.134 e. The lowest BCUT2D eigenvalue weighted by Crippen LogP contribution is -1.84. The summed E-state index contributed by atoms with van der Waals surface area (Å²) in [6, 6.07) is 11.7. The molecule has 100 valence electrons. The van der Waals surface area contributed by atoms with Gasteiger partial charge in [0.05, 0.1) is 21.7 Å². The van der Waals surface area contributed by atoms with Gasteiger partial charge < -0.3 is 5.11 Å². The van der Waals surface area contributed by atoms with Crippen LogP contribution < -0.4 is 0 Å². The Morgan fingerprint density at radius 1 is 1.05 bits per heavy atom. The fourth-order valence-electron chi connectivity index (χ4n) is 1.66. The molecule has 2 aromatic rings. The second kappa shape index (κ2) is 6.19. The zero-order chi connectivity index (χ0) is 14.7. The molecule has 0 unspecified atom stereocenters. The van der Waals surface area contributed by atoms with Crippen LogP contribution in [-0.2, 0) is 0 Å². The molecule has 2 aromatic carbocycles. The fourth-order valence-corrected chi connectivity index (χ4v) is 2.36. The molecule has 5 heteroatoms. The predicted molar refractivity (Wildman–Crippen MR) is 83.1 cm³/mol. The third kappa shape index (κ3) is 3.26. The van der Waals surface area contributed by atoms with E-state index in [0.717, 1.165) is 0 Å². The molecule has 0 radical (unpaired) electrons. The normalized spacial score (nSPS) is 11.2. The number of hydrogen-bond donors (Lipinski definition) is 1. The van der Waals surface area contributed by atoms with Crippen molar-refractivity contribution in [3.8, 4) is 11.8 Å². The van der Waals surface area contributed by atoms with Crippen LogP contribution in [0.3, 0.4) is 0 Å². The summed E-state index contributed by atoms with van der Waals surface area (Å²) in [5, 5.41) is 19.8. The Morgan fingerprint density at radius 2 is 1.80 bits per heavy atom. The van der Waals surface area contributed by atoms with E-state index in [4.69, 9.17) is 34.8 Å². The van der Waals surface area contributed by atoms with Crippen LogP contribution in [0.2, 0.25) is 15.1 Å². The first kappa shape index (κ1) is 14.7. The van der Waals surface area contributed by atoms with Crippen LogP contribution in [0.1, 0.15) is 11.1 Å². The van der Waals surface area contributed by atoms with Crippen LogP contribution in [0.15, 0.2) is 36.4 Å². The van der Waals surface area contributed by atoms with Crippen LogP contribution in [0, 0.1) is 11.3 Å². The van der Waals surface area contributed by atoms with Gasteiger partial charge in [-0.25, -0.2) is 0 Å². The Labute approximate surface area is 131 Å². The Morgan fingerprint density at radius 3 is 2.40 bits per heavy atom. The Balaban J connectivity index is 2.49. The summed E-state index contributed by atoms with van der Waals surface area (Å²) in [6.45, 7) is 0. The highest BCUT2D eigenvalue weighted by Gasteiger charge is 2.07. The molecule has 0 saturated heterocycles. The molecule has 0 aliphatic heterocycles. The van der Waals surface area contributed by atoms with Crippen molar-refractivity contribution in [2.24, 2.45) is 0 Å². The maximum Gasteiger partial charge on any atom is 0.134 e. The molecule has 0 atom stereocenters. The van der Waals surface area contributed by atoms with Crippen molar-refractivity contribution in [3.63, 3.8) is 0 Å². The largest absolute Gasteiger partial charge is 0.506 e. The van der Waals surface area contributed by atoms with Crippen molar-refractivity contribution in [2.45, 2.75) is 0 Å².